The van der Waals surface area contributed by atoms with Crippen molar-refractivity contribution in [2.45, 2.75) is 19.3 Å². The molecule has 0 bridgehead atoms. The fourth-order valence-corrected chi connectivity index (χ4v) is 9.97. The second-order valence-corrected chi connectivity index (χ2v) is 16.5. The van der Waals surface area contributed by atoms with Crippen molar-refractivity contribution in [3.05, 3.63) is 217 Å². The second kappa shape index (κ2) is 13.2. The van der Waals surface area contributed by atoms with E-state index in [9.17, 15) is 0 Å². The van der Waals surface area contributed by atoms with Gasteiger partial charge in [-0.15, -0.1) is 0 Å². The van der Waals surface area contributed by atoms with E-state index < -0.39 is 0 Å². The largest absolute Gasteiger partial charge is 0.456 e. The number of para-hydroxylation sites is 2. The first-order valence-corrected chi connectivity index (χ1v) is 20.8. The first-order valence-electron chi connectivity index (χ1n) is 20.8. The zero-order chi connectivity index (χ0) is 40.0. The monoisotopic (exact) mass is 768 g/mol. The van der Waals surface area contributed by atoms with E-state index in [0.29, 0.717) is 0 Å². The van der Waals surface area contributed by atoms with Gasteiger partial charge in [0.1, 0.15) is 11.2 Å². The predicted molar refractivity (Wildman–Crippen MR) is 251 cm³/mol. The first-order chi connectivity index (χ1) is 29.5. The van der Waals surface area contributed by atoms with Gasteiger partial charge in [0.25, 0.3) is 0 Å². The molecule has 3 nitrogen and oxygen atoms in total. The molecular weight excluding hydrogens is 729 g/mol. The molecule has 0 fully saturated rings. The van der Waals surface area contributed by atoms with Crippen molar-refractivity contribution in [3.63, 3.8) is 0 Å². The minimum Gasteiger partial charge on any atom is -0.456 e. The maximum Gasteiger partial charge on any atom is 0.138 e. The van der Waals surface area contributed by atoms with Crippen molar-refractivity contribution in [3.8, 4) is 39.1 Å². The highest BCUT2D eigenvalue weighted by atomic mass is 16.3. The Balaban J connectivity index is 1.08. The Hall–Kier alpha value is -7.62. The summed E-state index contributed by atoms with van der Waals surface area (Å²) in [5, 5.41) is 4.68. The highest BCUT2D eigenvalue weighted by Crippen LogP contribution is 2.51. The Morgan fingerprint density at radius 3 is 1.83 bits per heavy atom. The molecule has 0 spiro atoms. The van der Waals surface area contributed by atoms with Crippen LogP contribution in [-0.4, -0.2) is 4.57 Å². The zero-order valence-electron chi connectivity index (χ0n) is 33.4. The van der Waals surface area contributed by atoms with Crippen LogP contribution in [0.1, 0.15) is 25.0 Å². The highest BCUT2D eigenvalue weighted by molar-refractivity contribution is 6.27. The van der Waals surface area contributed by atoms with E-state index in [1.165, 1.54) is 55.3 Å². The molecule has 1 aliphatic rings. The Kier molecular flexibility index (Phi) is 7.58. The molecule has 3 heteroatoms. The van der Waals surface area contributed by atoms with Gasteiger partial charge in [-0.3, -0.25) is 0 Å². The van der Waals surface area contributed by atoms with E-state index in [4.69, 9.17) is 4.42 Å². The summed E-state index contributed by atoms with van der Waals surface area (Å²) >= 11 is 0. The molecule has 0 unspecified atom stereocenters. The molecule has 0 aliphatic heterocycles. The van der Waals surface area contributed by atoms with E-state index in [1.54, 1.807) is 0 Å². The van der Waals surface area contributed by atoms with Crippen LogP contribution in [0.4, 0.5) is 17.1 Å². The smallest absolute Gasteiger partial charge is 0.138 e. The van der Waals surface area contributed by atoms with Crippen LogP contribution in [0.2, 0.25) is 0 Å². The lowest BCUT2D eigenvalue weighted by Crippen LogP contribution is -2.16. The molecule has 284 valence electrons. The third-order valence-electron chi connectivity index (χ3n) is 12.8. The van der Waals surface area contributed by atoms with Crippen LogP contribution in [0.3, 0.4) is 0 Å². The Morgan fingerprint density at radius 1 is 0.417 bits per heavy atom. The van der Waals surface area contributed by atoms with Crippen LogP contribution < -0.4 is 4.90 Å². The maximum absolute atomic E-state index is 6.70. The maximum atomic E-state index is 6.70. The molecule has 0 amide bonds. The molecule has 0 saturated carbocycles. The Bertz CT molecular complexity index is 3430. The third-order valence-corrected chi connectivity index (χ3v) is 12.8. The molecule has 9 aromatic carbocycles. The Morgan fingerprint density at radius 2 is 1.05 bits per heavy atom. The highest BCUT2D eigenvalue weighted by Gasteiger charge is 2.35. The van der Waals surface area contributed by atoms with Gasteiger partial charge < -0.3 is 13.9 Å². The molecule has 60 heavy (non-hydrogen) atoms. The molecule has 12 rings (SSSR count). The van der Waals surface area contributed by atoms with Gasteiger partial charge in [-0.1, -0.05) is 147 Å². The molecule has 0 N–H and O–H groups in total. The number of rotatable bonds is 6. The molecule has 0 saturated heterocycles. The normalized spacial score (nSPS) is 13.0. The minimum absolute atomic E-state index is 0.102. The number of hydrogen-bond acceptors (Lipinski definition) is 2. The van der Waals surface area contributed by atoms with Gasteiger partial charge in [0.2, 0.25) is 0 Å². The topological polar surface area (TPSA) is 21.3 Å². The van der Waals surface area contributed by atoms with Crippen molar-refractivity contribution in [1.29, 1.82) is 0 Å². The number of aromatic nitrogens is 1. The van der Waals surface area contributed by atoms with Crippen molar-refractivity contribution in [2.75, 3.05) is 4.90 Å². The van der Waals surface area contributed by atoms with Gasteiger partial charge in [-0.2, -0.15) is 0 Å². The lowest BCUT2D eigenvalue weighted by molar-refractivity contribution is 0.660. The van der Waals surface area contributed by atoms with Gasteiger partial charge >= 0.3 is 0 Å². The summed E-state index contributed by atoms with van der Waals surface area (Å²) in [4.78, 5) is 2.38. The van der Waals surface area contributed by atoms with Crippen LogP contribution in [0.25, 0.3) is 82.8 Å². The van der Waals surface area contributed by atoms with Crippen molar-refractivity contribution < 1.29 is 4.42 Å². The van der Waals surface area contributed by atoms with Gasteiger partial charge in [-0.05, 0) is 106 Å². The van der Waals surface area contributed by atoms with Crippen LogP contribution in [0.15, 0.2) is 211 Å². The lowest BCUT2D eigenvalue weighted by atomic mass is 9.82. The van der Waals surface area contributed by atoms with Crippen LogP contribution >= 0.6 is 0 Å². The predicted octanol–water partition coefficient (Wildman–Crippen LogP) is 15.8. The standard InChI is InChI=1S/C57H40N2O/c1-57(2)48-24-14-12-22-44(48)45-32-31-43(35-49(45)57)58(40-20-10-5-11-21-40)41-27-29-42(30-28-41)59-50-33-26-39(37-16-6-3-7-17-37)34-47(50)55-51(59)36-53-56(46-23-13-15-25-52(46)60-53)54(55)38-18-8-4-9-19-38/h3-36H,1-2H3. The summed E-state index contributed by atoms with van der Waals surface area (Å²) in [5.41, 5.74) is 18.5. The van der Waals surface area contributed by atoms with Gasteiger partial charge in [0.05, 0.1) is 11.0 Å². The average molecular weight is 769 g/mol. The third kappa shape index (κ3) is 5.15. The molecule has 1 aliphatic carbocycles. The molecular formula is C57H40N2O. The van der Waals surface area contributed by atoms with Crippen molar-refractivity contribution >= 4 is 60.8 Å². The van der Waals surface area contributed by atoms with Gasteiger partial charge in [0.15, 0.2) is 0 Å². The van der Waals surface area contributed by atoms with Gasteiger partial charge in [-0.25, -0.2) is 0 Å². The summed E-state index contributed by atoms with van der Waals surface area (Å²) in [6.07, 6.45) is 0. The van der Waals surface area contributed by atoms with E-state index in [-0.39, 0.29) is 5.41 Å². The SMILES string of the molecule is CC1(C)c2ccccc2-c2ccc(N(c3ccccc3)c3ccc(-n4c5ccc(-c6ccccc6)cc5c5c(-c6ccccc6)c6c(cc54)oc4ccccc46)cc3)cc21. The summed E-state index contributed by atoms with van der Waals surface area (Å²) in [5.74, 6) is 0. The van der Waals surface area contributed by atoms with E-state index >= 15 is 0 Å². The quantitative estimate of drug-likeness (QED) is 0.168. The summed E-state index contributed by atoms with van der Waals surface area (Å²) in [7, 11) is 0. The number of nitrogens with zero attached hydrogens (tertiary/aromatic N) is 2. The molecule has 11 aromatic rings. The zero-order valence-corrected chi connectivity index (χ0v) is 33.4. The number of hydrogen-bond donors (Lipinski definition) is 0. The first kappa shape index (κ1) is 34.4. The molecule has 0 radical (unpaired) electrons. The van der Waals surface area contributed by atoms with Gasteiger partial charge in [0, 0.05) is 61.3 Å². The number of benzene rings is 9. The summed E-state index contributed by atoms with van der Waals surface area (Å²) in [6, 6.07) is 74.7. The lowest BCUT2D eigenvalue weighted by Gasteiger charge is -2.28. The summed E-state index contributed by atoms with van der Waals surface area (Å²) in [6.45, 7) is 4.69. The van der Waals surface area contributed by atoms with E-state index in [2.05, 4.69) is 230 Å². The Labute approximate surface area is 349 Å². The van der Waals surface area contributed by atoms with E-state index in [0.717, 1.165) is 55.7 Å². The molecule has 2 heterocycles. The second-order valence-electron chi connectivity index (χ2n) is 16.5. The fraction of sp³-hybridized carbons (Fsp3) is 0.0526. The number of anilines is 3. The number of furan rings is 1. The fourth-order valence-electron chi connectivity index (χ4n) is 9.97. The minimum atomic E-state index is -0.102. The molecule has 0 atom stereocenters. The summed E-state index contributed by atoms with van der Waals surface area (Å²) < 4.78 is 9.12. The van der Waals surface area contributed by atoms with Crippen LogP contribution in [0, 0.1) is 0 Å². The average Bonchev–Trinajstić information content (AvgIpc) is 3.91. The number of fused-ring (bicyclic) bond motifs is 9. The van der Waals surface area contributed by atoms with Crippen molar-refractivity contribution in [2.24, 2.45) is 0 Å². The van der Waals surface area contributed by atoms with E-state index in [1.807, 2.05) is 0 Å². The van der Waals surface area contributed by atoms with Crippen LogP contribution in [0.5, 0.6) is 0 Å². The van der Waals surface area contributed by atoms with Crippen LogP contribution in [-0.2, 0) is 5.41 Å². The molecule has 2 aromatic heterocycles. The van der Waals surface area contributed by atoms with Crippen molar-refractivity contribution in [1.82, 2.24) is 4.57 Å².